The molecule has 0 bridgehead atoms. The molecular weight excluding hydrogens is 491 g/mol. The standard InChI is InChI=1S/C25H24Cl2N4O4/c26-14-4-8-21-17(9-14)20(32)11-22(35-21)25(34)29-16-5-1-13(2-6-16)24(33)28-12-23-30-18-7-3-15(27)10-19(18)31-23/h3-4,7-10,13,16,22H,1-2,5-6,11-12H2,(H,28,33)(H,29,34)(H,30,31). The number of benzene rings is 2. The van der Waals surface area contributed by atoms with Crippen LogP contribution in [-0.2, 0) is 16.1 Å². The van der Waals surface area contributed by atoms with Gasteiger partial charge in [0.15, 0.2) is 11.9 Å². The third kappa shape index (κ3) is 5.28. The van der Waals surface area contributed by atoms with Crippen molar-refractivity contribution in [3.63, 3.8) is 0 Å². The second kappa shape index (κ2) is 9.87. The van der Waals surface area contributed by atoms with E-state index in [4.69, 9.17) is 27.9 Å². The number of fused-ring (bicyclic) bond motifs is 2. The predicted octanol–water partition coefficient (Wildman–Crippen LogP) is 4.19. The zero-order valence-corrected chi connectivity index (χ0v) is 20.3. The van der Waals surface area contributed by atoms with E-state index in [0.29, 0.717) is 59.4 Å². The van der Waals surface area contributed by atoms with Gasteiger partial charge in [-0.15, -0.1) is 0 Å². The van der Waals surface area contributed by atoms with Crippen LogP contribution in [0.3, 0.4) is 0 Å². The Kier molecular flexibility index (Phi) is 6.67. The first-order valence-electron chi connectivity index (χ1n) is 11.6. The topological polar surface area (TPSA) is 113 Å². The number of hydrogen-bond acceptors (Lipinski definition) is 5. The average Bonchev–Trinajstić information content (AvgIpc) is 3.25. The first-order chi connectivity index (χ1) is 16.9. The van der Waals surface area contributed by atoms with E-state index in [9.17, 15) is 14.4 Å². The van der Waals surface area contributed by atoms with Crippen LogP contribution >= 0.6 is 23.2 Å². The largest absolute Gasteiger partial charge is 0.479 e. The lowest BCUT2D eigenvalue weighted by molar-refractivity contribution is -0.129. The zero-order valence-electron chi connectivity index (χ0n) is 18.8. The van der Waals surface area contributed by atoms with E-state index in [0.717, 1.165) is 11.0 Å². The third-order valence-electron chi connectivity index (χ3n) is 6.54. The Hall–Kier alpha value is -3.10. The number of H-pyrrole nitrogens is 1. The van der Waals surface area contributed by atoms with Gasteiger partial charge in [0.25, 0.3) is 5.91 Å². The molecule has 182 valence electrons. The number of carbonyl (C=O) groups is 3. The molecule has 1 aliphatic heterocycles. The van der Waals surface area contributed by atoms with Crippen LogP contribution in [0.15, 0.2) is 36.4 Å². The summed E-state index contributed by atoms with van der Waals surface area (Å²) in [5.74, 6) is 0.427. The number of Topliss-reactive ketones (excluding diaryl/α,β-unsaturated/α-hetero) is 1. The van der Waals surface area contributed by atoms with E-state index in [-0.39, 0.29) is 36.0 Å². The third-order valence-corrected chi connectivity index (χ3v) is 7.01. The molecule has 2 heterocycles. The number of imidazole rings is 1. The van der Waals surface area contributed by atoms with Crippen LogP contribution in [0.2, 0.25) is 10.0 Å². The fourth-order valence-electron chi connectivity index (χ4n) is 4.67. The summed E-state index contributed by atoms with van der Waals surface area (Å²) in [6, 6.07) is 10.1. The summed E-state index contributed by atoms with van der Waals surface area (Å²) in [6.07, 6.45) is 1.80. The van der Waals surface area contributed by atoms with Gasteiger partial charge in [-0.3, -0.25) is 14.4 Å². The molecule has 10 heteroatoms. The molecule has 2 aromatic carbocycles. The van der Waals surface area contributed by atoms with Crippen molar-refractivity contribution in [2.24, 2.45) is 5.92 Å². The SMILES string of the molecule is O=C1CC(C(=O)NC2CCC(C(=O)NCc3nc4ccc(Cl)cc4[nH]3)CC2)Oc2ccc(Cl)cc21. The van der Waals surface area contributed by atoms with Crippen molar-refractivity contribution in [1.29, 1.82) is 0 Å². The molecule has 0 spiro atoms. The fourth-order valence-corrected chi connectivity index (χ4v) is 5.01. The lowest BCUT2D eigenvalue weighted by atomic mass is 9.85. The molecule has 1 saturated carbocycles. The number of aromatic amines is 1. The molecule has 2 aliphatic rings. The monoisotopic (exact) mass is 514 g/mol. The summed E-state index contributed by atoms with van der Waals surface area (Å²) >= 11 is 12.0. The molecule has 8 nitrogen and oxygen atoms in total. The fraction of sp³-hybridized carbons (Fsp3) is 0.360. The summed E-state index contributed by atoms with van der Waals surface area (Å²) < 4.78 is 5.75. The first kappa shape index (κ1) is 23.6. The molecule has 3 N–H and O–H groups in total. The summed E-state index contributed by atoms with van der Waals surface area (Å²) in [5, 5.41) is 7.01. The summed E-state index contributed by atoms with van der Waals surface area (Å²) in [5.41, 5.74) is 2.03. The van der Waals surface area contributed by atoms with E-state index < -0.39 is 6.10 Å². The van der Waals surface area contributed by atoms with Crippen molar-refractivity contribution in [1.82, 2.24) is 20.6 Å². The number of ketones is 1. The van der Waals surface area contributed by atoms with Crippen LogP contribution in [0.25, 0.3) is 11.0 Å². The molecule has 3 aromatic rings. The molecule has 0 radical (unpaired) electrons. The molecular formula is C25H24Cl2N4O4. The lowest BCUT2D eigenvalue weighted by Crippen LogP contribution is -2.47. The van der Waals surface area contributed by atoms with Gasteiger partial charge < -0.3 is 20.4 Å². The number of nitrogens with zero attached hydrogens (tertiary/aromatic N) is 1. The van der Waals surface area contributed by atoms with Crippen LogP contribution in [0.1, 0.15) is 48.3 Å². The smallest absolute Gasteiger partial charge is 0.261 e. The van der Waals surface area contributed by atoms with Crippen molar-refractivity contribution in [3.8, 4) is 5.75 Å². The highest BCUT2D eigenvalue weighted by atomic mass is 35.5. The van der Waals surface area contributed by atoms with Crippen LogP contribution in [-0.4, -0.2) is 39.7 Å². The van der Waals surface area contributed by atoms with Crippen LogP contribution in [0.4, 0.5) is 0 Å². The minimum Gasteiger partial charge on any atom is -0.479 e. The number of hydrogen-bond donors (Lipinski definition) is 3. The van der Waals surface area contributed by atoms with Crippen molar-refractivity contribution in [3.05, 3.63) is 57.8 Å². The van der Waals surface area contributed by atoms with Crippen LogP contribution < -0.4 is 15.4 Å². The minimum atomic E-state index is -0.865. The van der Waals surface area contributed by atoms with Gasteiger partial charge in [0.1, 0.15) is 11.6 Å². The van der Waals surface area contributed by atoms with Crippen LogP contribution in [0, 0.1) is 5.92 Å². The second-order valence-electron chi connectivity index (χ2n) is 8.99. The Morgan fingerprint density at radius 1 is 1.03 bits per heavy atom. The lowest BCUT2D eigenvalue weighted by Gasteiger charge is -2.30. The van der Waals surface area contributed by atoms with E-state index in [1.807, 2.05) is 6.07 Å². The van der Waals surface area contributed by atoms with E-state index in [1.54, 1.807) is 30.3 Å². The molecule has 5 rings (SSSR count). The highest BCUT2D eigenvalue weighted by Gasteiger charge is 2.34. The minimum absolute atomic E-state index is 0.0229. The molecule has 0 saturated heterocycles. The molecule has 1 aliphatic carbocycles. The van der Waals surface area contributed by atoms with Crippen molar-refractivity contribution in [2.45, 2.75) is 50.8 Å². The van der Waals surface area contributed by atoms with Gasteiger partial charge in [-0.05, 0) is 62.1 Å². The van der Waals surface area contributed by atoms with Gasteiger partial charge >= 0.3 is 0 Å². The normalized spacial score (nSPS) is 21.8. The molecule has 35 heavy (non-hydrogen) atoms. The number of ether oxygens (including phenoxy) is 1. The summed E-state index contributed by atoms with van der Waals surface area (Å²) in [7, 11) is 0. The number of rotatable bonds is 5. The van der Waals surface area contributed by atoms with E-state index in [1.165, 1.54) is 0 Å². The Bertz CT molecular complexity index is 1300. The van der Waals surface area contributed by atoms with Crippen molar-refractivity contribution < 1.29 is 19.1 Å². The number of amides is 2. The number of halogens is 2. The quantitative estimate of drug-likeness (QED) is 0.472. The van der Waals surface area contributed by atoms with E-state index >= 15 is 0 Å². The zero-order chi connectivity index (χ0) is 24.5. The van der Waals surface area contributed by atoms with Gasteiger partial charge in [0.05, 0.1) is 29.6 Å². The first-order valence-corrected chi connectivity index (χ1v) is 12.3. The van der Waals surface area contributed by atoms with Crippen LogP contribution in [0.5, 0.6) is 5.75 Å². The van der Waals surface area contributed by atoms with Gasteiger partial charge in [0, 0.05) is 22.0 Å². The molecule has 1 unspecified atom stereocenters. The van der Waals surface area contributed by atoms with Gasteiger partial charge in [-0.1, -0.05) is 23.2 Å². The van der Waals surface area contributed by atoms with Crippen molar-refractivity contribution in [2.75, 3.05) is 0 Å². The molecule has 1 aromatic heterocycles. The second-order valence-corrected chi connectivity index (χ2v) is 9.87. The highest BCUT2D eigenvalue weighted by molar-refractivity contribution is 6.31. The van der Waals surface area contributed by atoms with Crippen molar-refractivity contribution >= 4 is 51.8 Å². The van der Waals surface area contributed by atoms with Gasteiger partial charge in [-0.25, -0.2) is 4.98 Å². The van der Waals surface area contributed by atoms with E-state index in [2.05, 4.69) is 20.6 Å². The summed E-state index contributed by atoms with van der Waals surface area (Å²) in [4.78, 5) is 45.5. The maximum absolute atomic E-state index is 12.7. The molecule has 1 atom stereocenters. The average molecular weight is 515 g/mol. The maximum atomic E-state index is 12.7. The Labute approximate surface area is 211 Å². The number of nitrogens with one attached hydrogen (secondary N) is 3. The maximum Gasteiger partial charge on any atom is 0.261 e. The highest BCUT2D eigenvalue weighted by Crippen LogP contribution is 2.31. The number of aromatic nitrogens is 2. The summed E-state index contributed by atoms with van der Waals surface area (Å²) in [6.45, 7) is 0.307. The molecule has 1 fully saturated rings. The Morgan fingerprint density at radius 3 is 2.57 bits per heavy atom. The number of carbonyl (C=O) groups excluding carboxylic acids is 3. The molecule has 2 amide bonds. The Morgan fingerprint density at radius 2 is 1.77 bits per heavy atom. The predicted molar refractivity (Wildman–Crippen MR) is 132 cm³/mol. The Balaban J connectivity index is 1.09. The van der Waals surface area contributed by atoms with Gasteiger partial charge in [-0.2, -0.15) is 0 Å². The van der Waals surface area contributed by atoms with Gasteiger partial charge in [0.2, 0.25) is 5.91 Å².